The van der Waals surface area contributed by atoms with E-state index < -0.39 is 5.60 Å². The van der Waals surface area contributed by atoms with E-state index in [9.17, 15) is 9.90 Å². The number of aliphatic hydroxyl groups is 1. The van der Waals surface area contributed by atoms with Crippen molar-refractivity contribution in [2.75, 3.05) is 33.9 Å². The number of H-pyrrole nitrogens is 1. The fourth-order valence-electron chi connectivity index (χ4n) is 7.11. The fraction of sp³-hybridized carbons (Fsp3) is 0.571. The lowest BCUT2D eigenvalue weighted by Crippen LogP contribution is -2.46. The number of amides is 1. The maximum absolute atomic E-state index is 13.0. The molecule has 2 aliphatic rings. The molecule has 1 aromatic heterocycles. The summed E-state index contributed by atoms with van der Waals surface area (Å²) < 4.78 is 11.0. The van der Waals surface area contributed by atoms with Crippen molar-refractivity contribution in [3.05, 3.63) is 47.5 Å². The van der Waals surface area contributed by atoms with Gasteiger partial charge in [0.15, 0.2) is 11.5 Å². The lowest BCUT2D eigenvalue weighted by molar-refractivity contribution is -0.131. The largest absolute Gasteiger partial charge is 0.493 e. The standard InChI is InChI=1S/C35H49N3O4/c1-22(2)33-28-19-24(7-13-29(28)37-34(33)25-8-14-30(41-5)31(20-25)42-6)23-15-17-38(18-16-23)32(39)21-36-27-11-9-26(10-12-27)35(3,4)40/h7-8,13-14,19-20,22-23,26-27,36-37,40H,9-12,15-18,21H2,1-6H3. The summed E-state index contributed by atoms with van der Waals surface area (Å²) in [6.45, 7) is 10.3. The van der Waals surface area contributed by atoms with Gasteiger partial charge in [-0.15, -0.1) is 0 Å². The van der Waals surface area contributed by atoms with E-state index in [1.54, 1.807) is 14.2 Å². The van der Waals surface area contributed by atoms with E-state index in [1.165, 1.54) is 16.5 Å². The number of nitrogens with zero attached hydrogens (tertiary/aromatic N) is 1. The summed E-state index contributed by atoms with van der Waals surface area (Å²) in [7, 11) is 3.33. The number of piperidine rings is 1. The van der Waals surface area contributed by atoms with E-state index in [0.717, 1.165) is 79.9 Å². The summed E-state index contributed by atoms with van der Waals surface area (Å²) >= 11 is 0. The summed E-state index contributed by atoms with van der Waals surface area (Å²) in [5.41, 5.74) is 5.41. The molecule has 5 rings (SSSR count). The maximum Gasteiger partial charge on any atom is 0.236 e. The number of hydrogen-bond acceptors (Lipinski definition) is 5. The van der Waals surface area contributed by atoms with Crippen LogP contribution in [-0.4, -0.2) is 66.4 Å². The Labute approximate surface area is 251 Å². The summed E-state index contributed by atoms with van der Waals surface area (Å²) in [5, 5.41) is 15.1. The zero-order valence-corrected chi connectivity index (χ0v) is 26.3. The molecule has 0 radical (unpaired) electrons. The molecule has 1 aliphatic carbocycles. The normalized spacial score (nSPS) is 20.3. The van der Waals surface area contributed by atoms with Gasteiger partial charge in [-0.05, 0) is 112 Å². The van der Waals surface area contributed by atoms with Crippen LogP contribution in [0.3, 0.4) is 0 Å². The van der Waals surface area contributed by atoms with Gasteiger partial charge in [-0.1, -0.05) is 19.9 Å². The van der Waals surface area contributed by atoms with Crippen LogP contribution in [0.2, 0.25) is 0 Å². The van der Waals surface area contributed by atoms with Gasteiger partial charge in [0.05, 0.1) is 32.1 Å². The fourth-order valence-corrected chi connectivity index (χ4v) is 7.11. The van der Waals surface area contributed by atoms with Gasteiger partial charge in [-0.25, -0.2) is 0 Å². The summed E-state index contributed by atoms with van der Waals surface area (Å²) in [5.74, 6) is 2.79. The molecule has 42 heavy (non-hydrogen) atoms. The molecule has 2 aromatic carbocycles. The number of carbonyl (C=O) groups is 1. The molecule has 1 aliphatic heterocycles. The average Bonchev–Trinajstić information content (AvgIpc) is 3.38. The number of fused-ring (bicyclic) bond motifs is 1. The molecule has 2 heterocycles. The predicted octanol–water partition coefficient (Wildman–Crippen LogP) is 6.60. The number of methoxy groups -OCH3 is 2. The van der Waals surface area contributed by atoms with Gasteiger partial charge < -0.3 is 29.8 Å². The smallest absolute Gasteiger partial charge is 0.236 e. The van der Waals surface area contributed by atoms with Gasteiger partial charge in [0.2, 0.25) is 5.91 Å². The first-order valence-electron chi connectivity index (χ1n) is 15.7. The number of hydrogen-bond donors (Lipinski definition) is 3. The molecule has 7 nitrogen and oxygen atoms in total. The topological polar surface area (TPSA) is 86.8 Å². The van der Waals surface area contributed by atoms with Crippen LogP contribution in [0.25, 0.3) is 22.2 Å². The molecule has 3 N–H and O–H groups in total. The average molecular weight is 576 g/mol. The van der Waals surface area contributed by atoms with Crippen LogP contribution in [0.15, 0.2) is 36.4 Å². The Morgan fingerprint density at radius 2 is 1.69 bits per heavy atom. The molecule has 7 heteroatoms. The molecular weight excluding hydrogens is 526 g/mol. The Bertz CT molecular complexity index is 1370. The zero-order valence-electron chi connectivity index (χ0n) is 26.3. The van der Waals surface area contributed by atoms with Crippen molar-refractivity contribution in [3.8, 4) is 22.8 Å². The molecule has 1 amide bonds. The second-order valence-corrected chi connectivity index (χ2v) is 13.2. The maximum atomic E-state index is 13.0. The second-order valence-electron chi connectivity index (χ2n) is 13.2. The number of rotatable bonds is 9. The monoisotopic (exact) mass is 575 g/mol. The Balaban J connectivity index is 1.23. The van der Waals surface area contributed by atoms with Crippen molar-refractivity contribution in [3.63, 3.8) is 0 Å². The molecule has 1 saturated carbocycles. The van der Waals surface area contributed by atoms with Crippen LogP contribution >= 0.6 is 0 Å². The van der Waals surface area contributed by atoms with Crippen molar-refractivity contribution in [2.45, 2.75) is 89.7 Å². The third-order valence-corrected chi connectivity index (χ3v) is 9.70. The number of nitrogens with one attached hydrogen (secondary N) is 2. The SMILES string of the molecule is COc1ccc(-c2[nH]c3ccc(C4CCN(C(=O)CNC5CCC(C(C)(C)O)CC5)CC4)cc3c2C(C)C)cc1OC. The van der Waals surface area contributed by atoms with Gasteiger partial charge in [0.25, 0.3) is 0 Å². The van der Waals surface area contributed by atoms with Crippen molar-refractivity contribution in [1.29, 1.82) is 0 Å². The lowest BCUT2D eigenvalue weighted by Gasteiger charge is -2.36. The molecule has 1 saturated heterocycles. The van der Waals surface area contributed by atoms with E-state index in [4.69, 9.17) is 9.47 Å². The third-order valence-electron chi connectivity index (χ3n) is 9.70. The van der Waals surface area contributed by atoms with Crippen LogP contribution in [0, 0.1) is 5.92 Å². The molecule has 0 atom stereocenters. The first-order valence-corrected chi connectivity index (χ1v) is 15.7. The first-order chi connectivity index (χ1) is 20.1. The van der Waals surface area contributed by atoms with Crippen LogP contribution < -0.4 is 14.8 Å². The van der Waals surface area contributed by atoms with Crippen LogP contribution in [-0.2, 0) is 4.79 Å². The summed E-state index contributed by atoms with van der Waals surface area (Å²) in [4.78, 5) is 18.7. The van der Waals surface area contributed by atoms with Crippen molar-refractivity contribution >= 4 is 16.8 Å². The van der Waals surface area contributed by atoms with E-state index in [0.29, 0.717) is 30.3 Å². The number of aromatic amines is 1. The Kier molecular flexibility index (Phi) is 9.19. The Morgan fingerprint density at radius 1 is 1.00 bits per heavy atom. The molecule has 3 aromatic rings. The first kappa shape index (κ1) is 30.4. The number of carbonyl (C=O) groups excluding carboxylic acids is 1. The van der Waals surface area contributed by atoms with Gasteiger partial charge in [-0.2, -0.15) is 0 Å². The van der Waals surface area contributed by atoms with E-state index >= 15 is 0 Å². The highest BCUT2D eigenvalue weighted by molar-refractivity contribution is 5.92. The summed E-state index contributed by atoms with van der Waals surface area (Å²) in [6, 6.07) is 13.3. The Morgan fingerprint density at radius 3 is 2.31 bits per heavy atom. The van der Waals surface area contributed by atoms with Crippen LogP contribution in [0.5, 0.6) is 11.5 Å². The highest BCUT2D eigenvalue weighted by atomic mass is 16.5. The van der Waals surface area contributed by atoms with Crippen molar-refractivity contribution in [2.24, 2.45) is 5.92 Å². The van der Waals surface area contributed by atoms with Crippen LogP contribution in [0.4, 0.5) is 0 Å². The molecule has 0 unspecified atom stereocenters. The minimum Gasteiger partial charge on any atom is -0.493 e. The van der Waals surface area contributed by atoms with Gasteiger partial charge in [-0.3, -0.25) is 4.79 Å². The molecular formula is C35H49N3O4. The van der Waals surface area contributed by atoms with Crippen molar-refractivity contribution in [1.82, 2.24) is 15.2 Å². The van der Waals surface area contributed by atoms with Gasteiger partial charge in [0, 0.05) is 35.6 Å². The second kappa shape index (κ2) is 12.7. The number of aromatic nitrogens is 1. The van der Waals surface area contributed by atoms with E-state index in [1.807, 2.05) is 30.9 Å². The number of likely N-dealkylation sites (tertiary alicyclic amines) is 1. The number of ether oxygens (including phenoxy) is 2. The van der Waals surface area contributed by atoms with E-state index in [-0.39, 0.29) is 5.91 Å². The van der Waals surface area contributed by atoms with Crippen LogP contribution in [0.1, 0.15) is 89.2 Å². The molecule has 0 bridgehead atoms. The summed E-state index contributed by atoms with van der Waals surface area (Å²) in [6.07, 6.45) is 6.05. The molecule has 2 fully saturated rings. The quantitative estimate of drug-likeness (QED) is 0.268. The highest BCUT2D eigenvalue weighted by Crippen LogP contribution is 2.40. The minimum absolute atomic E-state index is 0.209. The van der Waals surface area contributed by atoms with Crippen molar-refractivity contribution < 1.29 is 19.4 Å². The van der Waals surface area contributed by atoms with E-state index in [2.05, 4.69) is 48.4 Å². The third kappa shape index (κ3) is 6.47. The highest BCUT2D eigenvalue weighted by Gasteiger charge is 2.32. The van der Waals surface area contributed by atoms with Gasteiger partial charge >= 0.3 is 0 Å². The minimum atomic E-state index is -0.611. The number of benzene rings is 2. The van der Waals surface area contributed by atoms with Gasteiger partial charge in [0.1, 0.15) is 0 Å². The molecule has 228 valence electrons. The zero-order chi connectivity index (χ0) is 30.0. The predicted molar refractivity (Wildman–Crippen MR) is 170 cm³/mol. The lowest BCUT2D eigenvalue weighted by atomic mass is 9.77. The molecule has 0 spiro atoms. The Hall–Kier alpha value is -3.03.